The molecule has 1 saturated heterocycles. The summed E-state index contributed by atoms with van der Waals surface area (Å²) in [6, 6.07) is 13.1. The van der Waals surface area contributed by atoms with Crippen LogP contribution in [0.4, 0.5) is 4.79 Å². The van der Waals surface area contributed by atoms with E-state index in [0.29, 0.717) is 10.6 Å². The number of halogens is 1. The van der Waals surface area contributed by atoms with E-state index in [-0.39, 0.29) is 0 Å². The smallest absolute Gasteiger partial charge is 0.277 e. The number of urea groups is 1. The number of rotatable bonds is 1. The average Bonchev–Trinajstić information content (AvgIpc) is 2.54. The van der Waals surface area contributed by atoms with Crippen molar-refractivity contribution in [2.24, 2.45) is 0 Å². The number of barbiturate groups is 1. The molecule has 6 heteroatoms. The number of carbonyl (C=O) groups is 3. The standard InChI is InChI=1S/C18H11ClN2O3/c19-14-9-5-12(6-10-14)2-1-11-3-7-13(8-4-11)15-16(22)20-18(24)21-17(15)23/h3-10,15H,(H2,20,21,22,23,24). The van der Waals surface area contributed by atoms with E-state index in [1.807, 2.05) is 12.1 Å². The minimum atomic E-state index is -1.04. The van der Waals surface area contributed by atoms with Gasteiger partial charge in [-0.1, -0.05) is 35.6 Å². The molecule has 24 heavy (non-hydrogen) atoms. The monoisotopic (exact) mass is 338 g/mol. The summed E-state index contributed by atoms with van der Waals surface area (Å²) in [5.41, 5.74) is 2.06. The third-order valence-electron chi connectivity index (χ3n) is 3.44. The normalized spacial score (nSPS) is 14.5. The molecule has 1 aliphatic heterocycles. The fraction of sp³-hybridized carbons (Fsp3) is 0.0556. The molecule has 2 N–H and O–H groups in total. The molecule has 5 nitrogen and oxygen atoms in total. The van der Waals surface area contributed by atoms with E-state index in [0.717, 1.165) is 11.1 Å². The Labute approximate surface area is 143 Å². The molecule has 0 bridgehead atoms. The highest BCUT2D eigenvalue weighted by Gasteiger charge is 2.35. The largest absolute Gasteiger partial charge is 0.328 e. The summed E-state index contributed by atoms with van der Waals surface area (Å²) in [6.07, 6.45) is 0. The number of hydrogen-bond donors (Lipinski definition) is 2. The van der Waals surface area contributed by atoms with Crippen LogP contribution in [0.2, 0.25) is 5.02 Å². The Morgan fingerprint density at radius 2 is 1.21 bits per heavy atom. The number of imide groups is 2. The lowest BCUT2D eigenvalue weighted by atomic mass is 9.95. The van der Waals surface area contributed by atoms with Gasteiger partial charge < -0.3 is 0 Å². The predicted octanol–water partition coefficient (Wildman–Crippen LogP) is 2.19. The Kier molecular flexibility index (Phi) is 4.32. The summed E-state index contributed by atoms with van der Waals surface area (Å²) in [7, 11) is 0. The van der Waals surface area contributed by atoms with Gasteiger partial charge in [0.1, 0.15) is 5.92 Å². The van der Waals surface area contributed by atoms with Gasteiger partial charge in [0.05, 0.1) is 0 Å². The summed E-state index contributed by atoms with van der Waals surface area (Å²) < 4.78 is 0. The maximum Gasteiger partial charge on any atom is 0.328 e. The van der Waals surface area contributed by atoms with Gasteiger partial charge in [0.25, 0.3) is 0 Å². The van der Waals surface area contributed by atoms with Crippen molar-refractivity contribution in [3.05, 3.63) is 70.2 Å². The summed E-state index contributed by atoms with van der Waals surface area (Å²) >= 11 is 5.82. The maximum absolute atomic E-state index is 11.8. The van der Waals surface area contributed by atoms with Crippen molar-refractivity contribution in [1.29, 1.82) is 0 Å². The van der Waals surface area contributed by atoms with E-state index in [1.54, 1.807) is 36.4 Å². The van der Waals surface area contributed by atoms with E-state index in [9.17, 15) is 14.4 Å². The van der Waals surface area contributed by atoms with Crippen molar-refractivity contribution in [3.63, 3.8) is 0 Å². The molecule has 118 valence electrons. The van der Waals surface area contributed by atoms with Crippen LogP contribution in [-0.4, -0.2) is 17.8 Å². The first kappa shape index (κ1) is 15.8. The molecule has 0 aliphatic carbocycles. The van der Waals surface area contributed by atoms with E-state index in [1.165, 1.54) is 0 Å². The second-order valence-corrected chi connectivity index (χ2v) is 5.56. The second-order valence-electron chi connectivity index (χ2n) is 5.12. The highest BCUT2D eigenvalue weighted by molar-refractivity contribution is 6.30. The molecule has 2 aromatic rings. The summed E-state index contributed by atoms with van der Waals surface area (Å²) in [5.74, 6) is 3.68. The zero-order valence-corrected chi connectivity index (χ0v) is 13.1. The molecular formula is C18H11ClN2O3. The summed E-state index contributed by atoms with van der Waals surface area (Å²) in [4.78, 5) is 34.7. The zero-order valence-electron chi connectivity index (χ0n) is 12.3. The Bertz CT molecular complexity index is 857. The van der Waals surface area contributed by atoms with Crippen LogP contribution in [0.3, 0.4) is 0 Å². The van der Waals surface area contributed by atoms with E-state index in [4.69, 9.17) is 11.6 Å². The fourth-order valence-electron chi connectivity index (χ4n) is 2.26. The van der Waals surface area contributed by atoms with Crippen molar-refractivity contribution in [2.45, 2.75) is 5.92 Å². The molecule has 1 fully saturated rings. The van der Waals surface area contributed by atoms with Crippen LogP contribution in [0, 0.1) is 11.8 Å². The predicted molar refractivity (Wildman–Crippen MR) is 88.3 cm³/mol. The van der Waals surface area contributed by atoms with Gasteiger partial charge in [0, 0.05) is 16.1 Å². The maximum atomic E-state index is 11.8. The fourth-order valence-corrected chi connectivity index (χ4v) is 2.38. The molecule has 0 saturated carbocycles. The number of benzene rings is 2. The third-order valence-corrected chi connectivity index (χ3v) is 3.69. The lowest BCUT2D eigenvalue weighted by molar-refractivity contribution is -0.132. The minimum Gasteiger partial charge on any atom is -0.277 e. The van der Waals surface area contributed by atoms with Crippen LogP contribution in [0.15, 0.2) is 48.5 Å². The lowest BCUT2D eigenvalue weighted by Gasteiger charge is -2.20. The zero-order chi connectivity index (χ0) is 17.1. The minimum absolute atomic E-state index is 0.495. The highest BCUT2D eigenvalue weighted by atomic mass is 35.5. The van der Waals surface area contributed by atoms with Gasteiger partial charge in [0.15, 0.2) is 0 Å². The summed E-state index contributed by atoms with van der Waals surface area (Å²) in [6.45, 7) is 0. The number of amides is 4. The van der Waals surface area contributed by atoms with Crippen molar-refractivity contribution in [2.75, 3.05) is 0 Å². The number of carbonyl (C=O) groups excluding carboxylic acids is 3. The molecular weight excluding hydrogens is 328 g/mol. The molecule has 1 heterocycles. The van der Waals surface area contributed by atoms with E-state index in [2.05, 4.69) is 22.5 Å². The first-order valence-electron chi connectivity index (χ1n) is 7.06. The first-order valence-corrected chi connectivity index (χ1v) is 7.44. The van der Waals surface area contributed by atoms with Crippen molar-refractivity contribution in [3.8, 4) is 11.8 Å². The number of nitrogens with one attached hydrogen (secondary N) is 2. The Morgan fingerprint density at radius 1 is 0.750 bits per heavy atom. The van der Waals surface area contributed by atoms with Gasteiger partial charge >= 0.3 is 6.03 Å². The molecule has 0 aromatic heterocycles. The Hall–Kier alpha value is -3.10. The van der Waals surface area contributed by atoms with Crippen LogP contribution < -0.4 is 10.6 Å². The van der Waals surface area contributed by atoms with Crippen LogP contribution in [-0.2, 0) is 9.59 Å². The third kappa shape index (κ3) is 3.45. The molecule has 0 atom stereocenters. The van der Waals surface area contributed by atoms with Crippen LogP contribution >= 0.6 is 11.6 Å². The quantitative estimate of drug-likeness (QED) is 0.618. The Morgan fingerprint density at radius 3 is 1.71 bits per heavy atom. The van der Waals surface area contributed by atoms with Gasteiger partial charge in [-0.15, -0.1) is 0 Å². The first-order chi connectivity index (χ1) is 11.5. The molecule has 3 rings (SSSR count). The van der Waals surface area contributed by atoms with Crippen LogP contribution in [0.5, 0.6) is 0 Å². The summed E-state index contributed by atoms with van der Waals surface area (Å²) in [5, 5.41) is 4.80. The van der Waals surface area contributed by atoms with E-state index >= 15 is 0 Å². The SMILES string of the molecule is O=C1NC(=O)C(c2ccc(C#Cc3ccc(Cl)cc3)cc2)C(=O)N1. The van der Waals surface area contributed by atoms with Crippen molar-refractivity contribution < 1.29 is 14.4 Å². The van der Waals surface area contributed by atoms with Gasteiger partial charge in [0.2, 0.25) is 11.8 Å². The van der Waals surface area contributed by atoms with Crippen LogP contribution in [0.1, 0.15) is 22.6 Å². The van der Waals surface area contributed by atoms with Crippen molar-refractivity contribution >= 4 is 29.4 Å². The average molecular weight is 339 g/mol. The molecule has 0 unspecified atom stereocenters. The molecule has 4 amide bonds. The van der Waals surface area contributed by atoms with E-state index < -0.39 is 23.8 Å². The lowest BCUT2D eigenvalue weighted by Crippen LogP contribution is -2.54. The second kappa shape index (κ2) is 6.57. The van der Waals surface area contributed by atoms with Gasteiger partial charge in [-0.05, 0) is 42.0 Å². The molecule has 0 spiro atoms. The topological polar surface area (TPSA) is 75.3 Å². The number of hydrogen-bond acceptors (Lipinski definition) is 3. The van der Waals surface area contributed by atoms with Gasteiger partial charge in [-0.3, -0.25) is 20.2 Å². The van der Waals surface area contributed by atoms with Crippen molar-refractivity contribution in [1.82, 2.24) is 10.6 Å². The molecule has 1 aliphatic rings. The van der Waals surface area contributed by atoms with Crippen LogP contribution in [0.25, 0.3) is 0 Å². The molecule has 2 aromatic carbocycles. The van der Waals surface area contributed by atoms with Gasteiger partial charge in [-0.25, -0.2) is 4.79 Å². The van der Waals surface area contributed by atoms with Gasteiger partial charge in [-0.2, -0.15) is 0 Å². The molecule has 0 radical (unpaired) electrons. The highest BCUT2D eigenvalue weighted by Crippen LogP contribution is 2.19. The Balaban J connectivity index is 1.79.